The number of likely N-dealkylation sites (tertiary alicyclic amines) is 2. The third-order valence-electron chi connectivity index (χ3n) is 5.89. The zero-order chi connectivity index (χ0) is 18.7. The van der Waals surface area contributed by atoms with Crippen LogP contribution in [0.3, 0.4) is 0 Å². The molecule has 0 unspecified atom stereocenters. The maximum Gasteiger partial charge on any atom is 0.191 e. The molecular weight excluding hydrogens is 469 g/mol. The molecule has 160 valence electrons. The summed E-state index contributed by atoms with van der Waals surface area (Å²) in [5, 5.41) is 7.00. The smallest absolute Gasteiger partial charge is 0.191 e. The highest BCUT2D eigenvalue weighted by atomic mass is 127. The standard InChI is InChI=1S/C20H41N5S.HI/c1-4-21-19(22-12-6-9-17-26-3)23-18-20(10-15-24(2)16-11-20)25-13-7-5-8-14-25;/h4-18H2,1-3H3,(H2,21,22,23);1H. The van der Waals surface area contributed by atoms with E-state index in [1.54, 1.807) is 0 Å². The monoisotopic (exact) mass is 511 g/mol. The highest BCUT2D eigenvalue weighted by molar-refractivity contribution is 14.0. The third-order valence-corrected chi connectivity index (χ3v) is 6.58. The summed E-state index contributed by atoms with van der Waals surface area (Å²) in [6, 6.07) is 0. The number of hydrogen-bond donors (Lipinski definition) is 2. The Morgan fingerprint density at radius 3 is 2.37 bits per heavy atom. The van der Waals surface area contributed by atoms with Crippen LogP contribution in [0.25, 0.3) is 0 Å². The molecule has 0 radical (unpaired) electrons. The number of halogens is 1. The van der Waals surface area contributed by atoms with Crippen molar-refractivity contribution in [2.24, 2.45) is 4.99 Å². The van der Waals surface area contributed by atoms with Crippen LogP contribution < -0.4 is 10.6 Å². The van der Waals surface area contributed by atoms with Crippen LogP contribution >= 0.6 is 35.7 Å². The highest BCUT2D eigenvalue weighted by Crippen LogP contribution is 2.31. The van der Waals surface area contributed by atoms with Crippen LogP contribution in [0, 0.1) is 0 Å². The molecule has 0 aliphatic carbocycles. The second kappa shape index (κ2) is 14.3. The number of aliphatic imine (C=N–C) groups is 1. The van der Waals surface area contributed by atoms with Gasteiger partial charge in [0, 0.05) is 18.6 Å². The van der Waals surface area contributed by atoms with Gasteiger partial charge in [-0.05, 0) is 90.7 Å². The Morgan fingerprint density at radius 2 is 1.74 bits per heavy atom. The van der Waals surface area contributed by atoms with Gasteiger partial charge in [-0.2, -0.15) is 11.8 Å². The Morgan fingerprint density at radius 1 is 1.04 bits per heavy atom. The van der Waals surface area contributed by atoms with E-state index in [4.69, 9.17) is 4.99 Å². The number of piperidine rings is 2. The van der Waals surface area contributed by atoms with Crippen molar-refractivity contribution in [3.8, 4) is 0 Å². The summed E-state index contributed by atoms with van der Waals surface area (Å²) in [6.07, 6.45) is 11.3. The maximum absolute atomic E-state index is 5.06. The molecule has 0 atom stereocenters. The first-order chi connectivity index (χ1) is 12.7. The number of guanidine groups is 1. The van der Waals surface area contributed by atoms with Gasteiger partial charge >= 0.3 is 0 Å². The average molecular weight is 512 g/mol. The molecule has 0 aromatic rings. The Labute approximate surface area is 188 Å². The fraction of sp³-hybridized carbons (Fsp3) is 0.950. The quantitative estimate of drug-likeness (QED) is 0.215. The van der Waals surface area contributed by atoms with Gasteiger partial charge < -0.3 is 15.5 Å². The topological polar surface area (TPSA) is 42.9 Å². The van der Waals surface area contributed by atoms with Crippen LogP contribution in [-0.4, -0.2) is 86.2 Å². The van der Waals surface area contributed by atoms with Gasteiger partial charge in [-0.1, -0.05) is 6.42 Å². The molecule has 0 bridgehead atoms. The lowest BCUT2D eigenvalue weighted by Gasteiger charge is -2.49. The molecule has 2 aliphatic heterocycles. The largest absolute Gasteiger partial charge is 0.357 e. The Hall–Kier alpha value is 0.270. The van der Waals surface area contributed by atoms with Crippen LogP contribution in [0.4, 0.5) is 0 Å². The fourth-order valence-corrected chi connectivity index (χ4v) is 4.62. The maximum atomic E-state index is 5.06. The van der Waals surface area contributed by atoms with Crippen LogP contribution in [0.5, 0.6) is 0 Å². The van der Waals surface area contributed by atoms with Gasteiger partial charge in [-0.3, -0.25) is 9.89 Å². The normalized spacial score (nSPS) is 21.5. The van der Waals surface area contributed by atoms with E-state index in [1.165, 1.54) is 76.9 Å². The first-order valence-electron chi connectivity index (χ1n) is 10.6. The lowest BCUT2D eigenvalue weighted by molar-refractivity contribution is 0.0208. The first-order valence-corrected chi connectivity index (χ1v) is 12.0. The number of nitrogens with zero attached hydrogens (tertiary/aromatic N) is 3. The molecule has 0 saturated carbocycles. The SMILES string of the molecule is CCNC(=NCC1(N2CCCCC2)CCN(C)CC1)NCCCCSC.I. The van der Waals surface area contributed by atoms with Crippen molar-refractivity contribution in [3.05, 3.63) is 0 Å². The minimum atomic E-state index is 0. The van der Waals surface area contributed by atoms with E-state index >= 15 is 0 Å². The average Bonchev–Trinajstić information content (AvgIpc) is 2.68. The zero-order valence-corrected chi connectivity index (χ0v) is 20.9. The van der Waals surface area contributed by atoms with E-state index in [1.807, 2.05) is 11.8 Å². The zero-order valence-electron chi connectivity index (χ0n) is 17.8. The fourth-order valence-electron chi connectivity index (χ4n) is 4.12. The van der Waals surface area contributed by atoms with Crippen molar-refractivity contribution in [2.75, 3.05) is 64.9 Å². The van der Waals surface area contributed by atoms with Gasteiger partial charge in [0.2, 0.25) is 0 Å². The minimum Gasteiger partial charge on any atom is -0.357 e. The Kier molecular flexibility index (Phi) is 13.4. The van der Waals surface area contributed by atoms with E-state index < -0.39 is 0 Å². The van der Waals surface area contributed by atoms with Crippen molar-refractivity contribution < 1.29 is 0 Å². The molecule has 0 aromatic carbocycles. The van der Waals surface area contributed by atoms with Gasteiger partial charge in [-0.25, -0.2) is 0 Å². The van der Waals surface area contributed by atoms with Crippen molar-refractivity contribution in [2.45, 2.75) is 57.4 Å². The van der Waals surface area contributed by atoms with Gasteiger partial charge in [0.25, 0.3) is 0 Å². The summed E-state index contributed by atoms with van der Waals surface area (Å²) < 4.78 is 0. The van der Waals surface area contributed by atoms with Crippen LogP contribution in [0.15, 0.2) is 4.99 Å². The summed E-state index contributed by atoms with van der Waals surface area (Å²) in [5.74, 6) is 2.26. The molecule has 5 nitrogen and oxygen atoms in total. The molecule has 7 heteroatoms. The highest BCUT2D eigenvalue weighted by Gasteiger charge is 2.39. The molecule has 0 spiro atoms. The predicted molar refractivity (Wildman–Crippen MR) is 132 cm³/mol. The molecule has 2 saturated heterocycles. The van der Waals surface area contributed by atoms with E-state index in [0.717, 1.165) is 25.6 Å². The van der Waals surface area contributed by atoms with Crippen molar-refractivity contribution in [1.29, 1.82) is 0 Å². The Bertz CT molecular complexity index is 407. The number of rotatable bonds is 9. The van der Waals surface area contributed by atoms with Crippen LogP contribution in [-0.2, 0) is 0 Å². The lowest BCUT2D eigenvalue weighted by atomic mass is 9.84. The number of nitrogens with one attached hydrogen (secondary N) is 2. The van der Waals surface area contributed by atoms with Crippen molar-refractivity contribution >= 4 is 41.7 Å². The minimum absolute atomic E-state index is 0. The predicted octanol–water partition coefficient (Wildman–Crippen LogP) is 3.25. The molecule has 2 aliphatic rings. The molecule has 2 heterocycles. The second-order valence-corrected chi connectivity index (χ2v) is 8.88. The van der Waals surface area contributed by atoms with Gasteiger partial charge in [0.05, 0.1) is 6.54 Å². The van der Waals surface area contributed by atoms with E-state index in [9.17, 15) is 0 Å². The molecule has 0 amide bonds. The van der Waals surface area contributed by atoms with E-state index in [0.29, 0.717) is 0 Å². The molecule has 2 rings (SSSR count). The molecule has 0 aromatic heterocycles. The summed E-state index contributed by atoms with van der Waals surface area (Å²) in [7, 11) is 2.25. The van der Waals surface area contributed by atoms with Gasteiger partial charge in [0.15, 0.2) is 5.96 Å². The third kappa shape index (κ3) is 8.66. The van der Waals surface area contributed by atoms with Gasteiger partial charge in [-0.15, -0.1) is 24.0 Å². The molecular formula is C20H42IN5S. The lowest BCUT2D eigenvalue weighted by Crippen LogP contribution is -2.58. The summed E-state index contributed by atoms with van der Waals surface area (Å²) in [5.41, 5.74) is 0.272. The summed E-state index contributed by atoms with van der Waals surface area (Å²) in [4.78, 5) is 10.3. The van der Waals surface area contributed by atoms with Gasteiger partial charge in [0.1, 0.15) is 0 Å². The molecule has 2 N–H and O–H groups in total. The second-order valence-electron chi connectivity index (χ2n) is 7.90. The van der Waals surface area contributed by atoms with Crippen LogP contribution in [0.2, 0.25) is 0 Å². The number of hydrogen-bond acceptors (Lipinski definition) is 4. The van der Waals surface area contributed by atoms with E-state index in [2.05, 4.69) is 40.7 Å². The van der Waals surface area contributed by atoms with Crippen molar-refractivity contribution in [3.63, 3.8) is 0 Å². The van der Waals surface area contributed by atoms with Crippen molar-refractivity contribution in [1.82, 2.24) is 20.4 Å². The van der Waals surface area contributed by atoms with Crippen LogP contribution in [0.1, 0.15) is 51.9 Å². The summed E-state index contributed by atoms with van der Waals surface area (Å²) >= 11 is 1.93. The summed E-state index contributed by atoms with van der Waals surface area (Å²) in [6.45, 7) is 9.95. The molecule has 27 heavy (non-hydrogen) atoms. The first kappa shape index (κ1) is 25.3. The number of thioether (sulfide) groups is 1. The number of unbranched alkanes of at least 4 members (excludes halogenated alkanes) is 1. The van der Waals surface area contributed by atoms with E-state index in [-0.39, 0.29) is 29.5 Å². The Balaban J connectivity index is 0.00000364. The molecule has 2 fully saturated rings.